The fourth-order valence-electron chi connectivity index (χ4n) is 4.13. The van der Waals surface area contributed by atoms with Gasteiger partial charge in [-0.2, -0.15) is 0 Å². The van der Waals surface area contributed by atoms with Gasteiger partial charge in [-0.3, -0.25) is 0 Å². The van der Waals surface area contributed by atoms with Crippen LogP contribution in [0.3, 0.4) is 0 Å². The van der Waals surface area contributed by atoms with Gasteiger partial charge in [-0.05, 0) is 37.5 Å². The first-order chi connectivity index (χ1) is 16.8. The Morgan fingerprint density at radius 1 is 1.14 bits per heavy atom. The summed E-state index contributed by atoms with van der Waals surface area (Å²) in [6, 6.07) is 7.33. The Hall–Kier alpha value is -2.39. The van der Waals surface area contributed by atoms with Gasteiger partial charge in [-0.25, -0.2) is 23.6 Å². The topological polar surface area (TPSA) is 79.8 Å². The zero-order valence-electron chi connectivity index (χ0n) is 20.9. The molecule has 6 nitrogen and oxygen atoms in total. The molecule has 0 saturated heterocycles. The van der Waals surface area contributed by atoms with Crippen LogP contribution in [0.4, 0.5) is 16.0 Å². The molecule has 1 aliphatic rings. The van der Waals surface area contributed by atoms with Gasteiger partial charge in [0.1, 0.15) is 11.0 Å². The number of nitrogens with zero attached hydrogens (tertiary/aromatic N) is 3. The third-order valence-corrected chi connectivity index (χ3v) is 8.69. The molecule has 0 aliphatic heterocycles. The second-order valence-electron chi connectivity index (χ2n) is 10.0. The Labute approximate surface area is 213 Å². The summed E-state index contributed by atoms with van der Waals surface area (Å²) in [5, 5.41) is 4.38. The molecule has 1 atom stereocenters. The Bertz CT molecular complexity index is 1180. The van der Waals surface area contributed by atoms with Crippen LogP contribution in [0, 0.1) is 5.82 Å². The molecule has 2 heterocycles. The van der Waals surface area contributed by atoms with Crippen molar-refractivity contribution in [3.63, 3.8) is 0 Å². The molecule has 1 saturated carbocycles. The minimum Gasteiger partial charge on any atom is -0.351 e. The van der Waals surface area contributed by atoms with E-state index in [1.165, 1.54) is 30.6 Å². The van der Waals surface area contributed by atoms with E-state index in [0.29, 0.717) is 34.7 Å². The molecule has 2 aromatic heterocycles. The number of benzene rings is 1. The van der Waals surface area contributed by atoms with Crippen molar-refractivity contribution in [1.82, 2.24) is 15.0 Å². The average Bonchev–Trinajstić information content (AvgIpc) is 3.27. The monoisotopic (exact) mass is 515 g/mol. The standard InChI is InChI=1S/C26H34FN5OS2/c1-5-16-35(33)32-19-13-9-12-18(21(19)27)22-23(34-24(31-22)26(2,3)4)20-14-15-28-25(30-20)29-17-10-7-6-8-11-17/h9,12-15,17,32H,5-8,10-11,16H2,1-4H3,(H,28,29,30). The van der Waals surface area contributed by atoms with E-state index < -0.39 is 16.8 Å². The van der Waals surface area contributed by atoms with Crippen molar-refractivity contribution in [3.8, 4) is 21.8 Å². The van der Waals surface area contributed by atoms with Crippen molar-refractivity contribution in [2.45, 2.75) is 77.7 Å². The molecule has 3 aromatic rings. The molecular weight excluding hydrogens is 481 g/mol. The maximum Gasteiger partial charge on any atom is 0.223 e. The molecule has 0 spiro atoms. The zero-order valence-corrected chi connectivity index (χ0v) is 22.5. The summed E-state index contributed by atoms with van der Waals surface area (Å²) in [6.07, 6.45) is 8.46. The Morgan fingerprint density at radius 2 is 1.91 bits per heavy atom. The molecule has 0 radical (unpaired) electrons. The number of rotatable bonds is 8. The first kappa shape index (κ1) is 25.7. The van der Waals surface area contributed by atoms with E-state index in [2.05, 4.69) is 35.8 Å². The smallest absolute Gasteiger partial charge is 0.223 e. The predicted molar refractivity (Wildman–Crippen MR) is 145 cm³/mol. The molecule has 1 aromatic carbocycles. The highest BCUT2D eigenvalue weighted by atomic mass is 32.2. The Morgan fingerprint density at radius 3 is 2.63 bits per heavy atom. The summed E-state index contributed by atoms with van der Waals surface area (Å²) in [4.78, 5) is 14.9. The van der Waals surface area contributed by atoms with Gasteiger partial charge >= 0.3 is 0 Å². The number of hydrogen-bond donors (Lipinski definition) is 2. The van der Waals surface area contributed by atoms with E-state index in [1.54, 1.807) is 24.4 Å². The molecule has 1 aliphatic carbocycles. The summed E-state index contributed by atoms with van der Waals surface area (Å²) in [7, 11) is -1.34. The van der Waals surface area contributed by atoms with Gasteiger partial charge in [0, 0.05) is 29.0 Å². The van der Waals surface area contributed by atoms with Gasteiger partial charge in [0.25, 0.3) is 0 Å². The van der Waals surface area contributed by atoms with Crippen molar-refractivity contribution in [3.05, 3.63) is 41.3 Å². The summed E-state index contributed by atoms with van der Waals surface area (Å²) in [6.45, 7) is 8.23. The van der Waals surface area contributed by atoms with Gasteiger partial charge in [0.2, 0.25) is 5.95 Å². The minimum absolute atomic E-state index is 0.206. The highest BCUT2D eigenvalue weighted by molar-refractivity contribution is 7.86. The lowest BCUT2D eigenvalue weighted by Crippen LogP contribution is -2.23. The zero-order chi connectivity index (χ0) is 25.0. The molecule has 1 fully saturated rings. The summed E-state index contributed by atoms with van der Waals surface area (Å²) in [5.74, 6) is 0.591. The van der Waals surface area contributed by atoms with Crippen molar-refractivity contribution < 1.29 is 8.60 Å². The van der Waals surface area contributed by atoms with E-state index in [4.69, 9.17) is 9.97 Å². The van der Waals surface area contributed by atoms with Crippen LogP contribution < -0.4 is 10.0 Å². The van der Waals surface area contributed by atoms with E-state index in [9.17, 15) is 4.21 Å². The second-order valence-corrected chi connectivity index (χ2v) is 12.3. The van der Waals surface area contributed by atoms with Crippen molar-refractivity contribution in [1.29, 1.82) is 0 Å². The molecule has 188 valence electrons. The normalized spacial score (nSPS) is 15.7. The number of aromatic nitrogens is 3. The van der Waals surface area contributed by atoms with Crippen LogP contribution in [0.2, 0.25) is 0 Å². The van der Waals surface area contributed by atoms with Crippen LogP contribution in [0.5, 0.6) is 0 Å². The van der Waals surface area contributed by atoms with E-state index >= 15 is 4.39 Å². The fourth-order valence-corrected chi connectivity index (χ4v) is 6.12. The lowest BCUT2D eigenvalue weighted by molar-refractivity contribution is 0.461. The summed E-state index contributed by atoms with van der Waals surface area (Å²) >= 11 is 1.53. The van der Waals surface area contributed by atoms with Crippen LogP contribution in [0.25, 0.3) is 21.8 Å². The van der Waals surface area contributed by atoms with Crippen LogP contribution in [-0.4, -0.2) is 31.0 Å². The first-order valence-electron chi connectivity index (χ1n) is 12.3. The Kier molecular flexibility index (Phi) is 8.16. The van der Waals surface area contributed by atoms with Crippen LogP contribution in [-0.2, 0) is 16.4 Å². The number of anilines is 2. The maximum absolute atomic E-state index is 15.7. The van der Waals surface area contributed by atoms with E-state index in [-0.39, 0.29) is 11.1 Å². The van der Waals surface area contributed by atoms with Crippen molar-refractivity contribution in [2.75, 3.05) is 15.8 Å². The molecule has 9 heteroatoms. The molecule has 0 bridgehead atoms. The predicted octanol–water partition coefficient (Wildman–Crippen LogP) is 6.93. The van der Waals surface area contributed by atoms with Gasteiger partial charge in [0.05, 0.1) is 27.0 Å². The van der Waals surface area contributed by atoms with Gasteiger partial charge in [-0.15, -0.1) is 11.3 Å². The van der Waals surface area contributed by atoms with E-state index in [0.717, 1.165) is 29.1 Å². The number of halogens is 1. The quantitative estimate of drug-likeness (QED) is 0.340. The maximum atomic E-state index is 15.7. The molecule has 2 N–H and O–H groups in total. The third kappa shape index (κ3) is 6.25. The molecule has 0 amide bonds. The van der Waals surface area contributed by atoms with Crippen LogP contribution in [0.15, 0.2) is 30.5 Å². The average molecular weight is 516 g/mol. The number of thiazole rings is 1. The van der Waals surface area contributed by atoms with E-state index in [1.807, 2.05) is 13.0 Å². The summed E-state index contributed by atoms with van der Waals surface area (Å²) in [5.41, 5.74) is 1.64. The SMILES string of the molecule is CCCS(=O)Nc1cccc(-c2nc(C(C)(C)C)sc2-c2ccnc(NC3CCCCC3)n2)c1F. The lowest BCUT2D eigenvalue weighted by Gasteiger charge is -2.22. The summed E-state index contributed by atoms with van der Waals surface area (Å²) < 4.78 is 30.7. The highest BCUT2D eigenvalue weighted by Crippen LogP contribution is 2.42. The fraction of sp³-hybridized carbons (Fsp3) is 0.500. The molecule has 1 unspecified atom stereocenters. The van der Waals surface area contributed by atoms with Gasteiger partial charge in [-0.1, -0.05) is 53.0 Å². The minimum atomic E-state index is -1.34. The molecule has 4 rings (SSSR count). The van der Waals surface area contributed by atoms with Crippen molar-refractivity contribution in [2.24, 2.45) is 0 Å². The lowest BCUT2D eigenvalue weighted by atomic mass is 9.96. The largest absolute Gasteiger partial charge is 0.351 e. The number of hydrogen-bond acceptors (Lipinski definition) is 6. The Balaban J connectivity index is 1.74. The van der Waals surface area contributed by atoms with Crippen molar-refractivity contribution >= 4 is 34.0 Å². The van der Waals surface area contributed by atoms with Crippen LogP contribution >= 0.6 is 11.3 Å². The third-order valence-electron chi connectivity index (χ3n) is 5.96. The molecular formula is C26H34FN5OS2. The first-order valence-corrected chi connectivity index (χ1v) is 14.4. The number of nitrogens with one attached hydrogen (secondary N) is 2. The molecule has 35 heavy (non-hydrogen) atoms. The second kappa shape index (κ2) is 11.1. The van der Waals surface area contributed by atoms with Gasteiger partial charge < -0.3 is 10.0 Å². The van der Waals surface area contributed by atoms with Crippen LogP contribution in [0.1, 0.15) is 71.2 Å². The highest BCUT2D eigenvalue weighted by Gasteiger charge is 2.26. The van der Waals surface area contributed by atoms with Gasteiger partial charge in [0.15, 0.2) is 5.82 Å².